The summed E-state index contributed by atoms with van der Waals surface area (Å²) in [6.07, 6.45) is 3.63. The third-order valence-corrected chi connectivity index (χ3v) is 4.09. The maximum Gasteiger partial charge on any atom is 0.163 e. The molecule has 0 amide bonds. The van der Waals surface area contributed by atoms with Gasteiger partial charge in [0.25, 0.3) is 0 Å². The summed E-state index contributed by atoms with van der Waals surface area (Å²) in [5, 5.41) is 10.6. The summed E-state index contributed by atoms with van der Waals surface area (Å²) in [7, 11) is 0. The summed E-state index contributed by atoms with van der Waals surface area (Å²) in [4.78, 5) is 0. The van der Waals surface area contributed by atoms with Gasteiger partial charge in [0, 0.05) is 0 Å². The number of aliphatic hydroxyl groups is 1. The highest BCUT2D eigenvalue weighted by Crippen LogP contribution is 2.35. The normalized spacial score (nSPS) is 30.0. The van der Waals surface area contributed by atoms with Crippen LogP contribution in [0.5, 0.6) is 0 Å². The van der Waals surface area contributed by atoms with Crippen molar-refractivity contribution in [1.82, 2.24) is 0 Å². The Morgan fingerprint density at radius 3 is 2.35 bits per heavy atom. The van der Waals surface area contributed by atoms with Crippen molar-refractivity contribution in [3.05, 3.63) is 0 Å². The van der Waals surface area contributed by atoms with Crippen LogP contribution in [0.4, 0.5) is 0 Å². The first-order valence-electron chi connectivity index (χ1n) is 7.84. The van der Waals surface area contributed by atoms with Gasteiger partial charge in [-0.15, -0.1) is 0 Å². The Morgan fingerprint density at radius 1 is 1.30 bits per heavy atom. The van der Waals surface area contributed by atoms with E-state index in [2.05, 4.69) is 0 Å². The molecule has 2 aliphatic rings. The standard InChI is InChI=1S/C16H30O4/c1-15(2,3)19-12(9-11-7-6-8-11)14(17)13-10-18-16(4,5)20-13/h11-14,17H,6-10H2,1-5H3. The van der Waals surface area contributed by atoms with Crippen molar-refractivity contribution in [1.29, 1.82) is 0 Å². The zero-order valence-electron chi connectivity index (χ0n) is 13.5. The van der Waals surface area contributed by atoms with E-state index < -0.39 is 11.9 Å². The summed E-state index contributed by atoms with van der Waals surface area (Å²) in [6.45, 7) is 10.3. The summed E-state index contributed by atoms with van der Waals surface area (Å²) in [5.41, 5.74) is -0.260. The number of rotatable bonds is 5. The van der Waals surface area contributed by atoms with E-state index in [0.29, 0.717) is 12.5 Å². The van der Waals surface area contributed by atoms with E-state index in [-0.39, 0.29) is 17.8 Å². The predicted molar refractivity (Wildman–Crippen MR) is 77.5 cm³/mol. The molecule has 0 bridgehead atoms. The Labute approximate surface area is 122 Å². The fourth-order valence-electron chi connectivity index (χ4n) is 2.89. The molecule has 3 atom stereocenters. The van der Waals surface area contributed by atoms with E-state index in [0.717, 1.165) is 6.42 Å². The lowest BCUT2D eigenvalue weighted by molar-refractivity contribution is -0.181. The van der Waals surface area contributed by atoms with Crippen LogP contribution < -0.4 is 0 Å². The van der Waals surface area contributed by atoms with Gasteiger partial charge in [0.1, 0.15) is 12.2 Å². The molecule has 0 aromatic rings. The van der Waals surface area contributed by atoms with E-state index >= 15 is 0 Å². The molecular weight excluding hydrogens is 256 g/mol. The van der Waals surface area contributed by atoms with Gasteiger partial charge < -0.3 is 19.3 Å². The number of aliphatic hydroxyl groups excluding tert-OH is 1. The quantitative estimate of drug-likeness (QED) is 0.844. The molecule has 20 heavy (non-hydrogen) atoms. The van der Waals surface area contributed by atoms with Crippen LogP contribution in [-0.4, -0.2) is 41.4 Å². The zero-order chi connectivity index (χ0) is 15.0. The van der Waals surface area contributed by atoms with Crippen molar-refractivity contribution in [2.75, 3.05) is 6.61 Å². The molecule has 0 aromatic carbocycles. The Hall–Kier alpha value is -0.160. The molecule has 2 fully saturated rings. The average molecular weight is 286 g/mol. The Kier molecular flexibility index (Phi) is 4.80. The van der Waals surface area contributed by atoms with Gasteiger partial charge in [-0.1, -0.05) is 19.3 Å². The largest absolute Gasteiger partial charge is 0.388 e. The first-order valence-corrected chi connectivity index (χ1v) is 7.84. The highest BCUT2D eigenvalue weighted by Gasteiger charge is 2.42. The van der Waals surface area contributed by atoms with Crippen LogP contribution in [0.3, 0.4) is 0 Å². The lowest BCUT2D eigenvalue weighted by Crippen LogP contribution is -2.45. The summed E-state index contributed by atoms with van der Waals surface area (Å²) >= 11 is 0. The highest BCUT2D eigenvalue weighted by molar-refractivity contribution is 4.87. The second-order valence-electron chi connectivity index (χ2n) is 7.66. The van der Waals surface area contributed by atoms with Crippen LogP contribution in [0.15, 0.2) is 0 Å². The number of hydrogen-bond acceptors (Lipinski definition) is 4. The van der Waals surface area contributed by atoms with Crippen LogP contribution in [0.2, 0.25) is 0 Å². The Morgan fingerprint density at radius 2 is 1.95 bits per heavy atom. The summed E-state index contributed by atoms with van der Waals surface area (Å²) in [6, 6.07) is 0. The van der Waals surface area contributed by atoms with Crippen molar-refractivity contribution in [3.8, 4) is 0 Å². The van der Waals surface area contributed by atoms with Gasteiger partial charge in [-0.25, -0.2) is 0 Å². The van der Waals surface area contributed by atoms with Crippen LogP contribution in [-0.2, 0) is 14.2 Å². The van der Waals surface area contributed by atoms with E-state index in [1.165, 1.54) is 19.3 Å². The summed E-state index contributed by atoms with van der Waals surface area (Å²) in [5.74, 6) is 0.0846. The van der Waals surface area contributed by atoms with Gasteiger partial charge >= 0.3 is 0 Å². The second-order valence-corrected chi connectivity index (χ2v) is 7.66. The SMILES string of the molecule is CC(C)(C)OC(CC1CCC1)C(O)C1COC(C)(C)O1. The van der Waals surface area contributed by atoms with Crippen molar-refractivity contribution in [2.24, 2.45) is 5.92 Å². The predicted octanol–water partition coefficient (Wildman–Crippen LogP) is 2.87. The minimum atomic E-state index is -0.628. The fourth-order valence-corrected chi connectivity index (χ4v) is 2.89. The van der Waals surface area contributed by atoms with Gasteiger partial charge in [0.2, 0.25) is 0 Å². The van der Waals surface area contributed by atoms with E-state index in [4.69, 9.17) is 14.2 Å². The lowest BCUT2D eigenvalue weighted by atomic mass is 9.80. The Balaban J connectivity index is 1.97. The molecule has 2 rings (SSSR count). The van der Waals surface area contributed by atoms with Gasteiger partial charge in [-0.3, -0.25) is 0 Å². The van der Waals surface area contributed by atoms with E-state index in [9.17, 15) is 5.11 Å². The third-order valence-electron chi connectivity index (χ3n) is 4.09. The van der Waals surface area contributed by atoms with Crippen LogP contribution >= 0.6 is 0 Å². The van der Waals surface area contributed by atoms with Gasteiger partial charge in [0.05, 0.1) is 18.3 Å². The minimum absolute atomic E-state index is 0.178. The van der Waals surface area contributed by atoms with E-state index in [1.807, 2.05) is 34.6 Å². The number of ether oxygens (including phenoxy) is 3. The molecule has 3 unspecified atom stereocenters. The van der Waals surface area contributed by atoms with Crippen molar-refractivity contribution >= 4 is 0 Å². The molecule has 1 saturated heterocycles. The monoisotopic (exact) mass is 286 g/mol. The summed E-state index contributed by atoms with van der Waals surface area (Å²) < 4.78 is 17.4. The second kappa shape index (κ2) is 5.91. The molecular formula is C16H30O4. The van der Waals surface area contributed by atoms with Crippen molar-refractivity contribution in [3.63, 3.8) is 0 Å². The first-order chi connectivity index (χ1) is 9.16. The van der Waals surface area contributed by atoms with Gasteiger partial charge in [0.15, 0.2) is 5.79 Å². The van der Waals surface area contributed by atoms with Crippen LogP contribution in [0.25, 0.3) is 0 Å². The molecule has 4 heteroatoms. The average Bonchev–Trinajstić information content (AvgIpc) is 2.59. The van der Waals surface area contributed by atoms with Crippen molar-refractivity contribution in [2.45, 2.75) is 90.0 Å². The Bertz CT molecular complexity index is 317. The van der Waals surface area contributed by atoms with Gasteiger partial charge in [-0.2, -0.15) is 0 Å². The number of hydrogen-bond donors (Lipinski definition) is 1. The molecule has 1 saturated carbocycles. The van der Waals surface area contributed by atoms with Crippen molar-refractivity contribution < 1.29 is 19.3 Å². The minimum Gasteiger partial charge on any atom is -0.388 e. The van der Waals surface area contributed by atoms with Crippen LogP contribution in [0.1, 0.15) is 60.3 Å². The van der Waals surface area contributed by atoms with E-state index in [1.54, 1.807) is 0 Å². The molecule has 1 N–H and O–H groups in total. The zero-order valence-corrected chi connectivity index (χ0v) is 13.5. The molecule has 1 heterocycles. The molecule has 4 nitrogen and oxygen atoms in total. The molecule has 0 aromatic heterocycles. The fraction of sp³-hybridized carbons (Fsp3) is 1.00. The molecule has 118 valence electrons. The molecule has 1 aliphatic carbocycles. The molecule has 0 spiro atoms. The van der Waals surface area contributed by atoms with Crippen LogP contribution in [0, 0.1) is 5.92 Å². The molecule has 1 aliphatic heterocycles. The first kappa shape index (κ1) is 16.2. The third kappa shape index (κ3) is 4.42. The topological polar surface area (TPSA) is 47.9 Å². The smallest absolute Gasteiger partial charge is 0.163 e. The molecule has 0 radical (unpaired) electrons. The highest BCUT2D eigenvalue weighted by atomic mass is 16.7. The maximum absolute atomic E-state index is 10.6. The maximum atomic E-state index is 10.6. The lowest BCUT2D eigenvalue weighted by Gasteiger charge is -2.37. The van der Waals surface area contributed by atoms with Gasteiger partial charge in [-0.05, 0) is 47.0 Å².